The molecule has 1 aliphatic rings. The molecule has 12 heteroatoms. The molecule has 196 valence electrons. The van der Waals surface area contributed by atoms with Gasteiger partial charge in [-0.25, -0.2) is 14.4 Å². The molecule has 1 aliphatic carbocycles. The summed E-state index contributed by atoms with van der Waals surface area (Å²) in [7, 11) is 0. The first-order valence-electron chi connectivity index (χ1n) is 10.8. The zero-order valence-corrected chi connectivity index (χ0v) is 19.1. The summed E-state index contributed by atoms with van der Waals surface area (Å²) in [5.74, 6) is -5.31. The summed E-state index contributed by atoms with van der Waals surface area (Å²) in [4.78, 5) is 36.2. The number of carbonyl (C=O) groups excluding carboxylic acids is 2. The third-order valence-corrected chi connectivity index (χ3v) is 5.60. The first-order chi connectivity index (χ1) is 17.4. The van der Waals surface area contributed by atoms with Gasteiger partial charge in [0.1, 0.15) is 18.3 Å². The highest BCUT2D eigenvalue weighted by Crippen LogP contribution is 2.33. The van der Waals surface area contributed by atoms with Crippen LogP contribution in [0.2, 0.25) is 0 Å². The second-order valence-electron chi connectivity index (χ2n) is 8.35. The van der Waals surface area contributed by atoms with Gasteiger partial charge in [0.25, 0.3) is 0 Å². The topological polar surface area (TPSA) is 211 Å². The van der Waals surface area contributed by atoms with Crippen LogP contribution >= 0.6 is 0 Å². The predicted octanol–water partition coefficient (Wildman–Crippen LogP) is 1.03. The van der Waals surface area contributed by atoms with Crippen LogP contribution in [-0.2, 0) is 23.9 Å². The molecule has 1 fully saturated rings. The zero-order chi connectivity index (χ0) is 27.3. The van der Waals surface area contributed by atoms with Gasteiger partial charge < -0.3 is 45.2 Å². The lowest BCUT2D eigenvalue weighted by atomic mass is 9.79. The van der Waals surface area contributed by atoms with Crippen LogP contribution in [0.5, 0.6) is 23.0 Å². The van der Waals surface area contributed by atoms with E-state index in [0.29, 0.717) is 11.1 Å². The molecule has 3 rings (SSSR count). The number of phenols is 4. The minimum absolute atomic E-state index is 0.319. The number of aromatic hydroxyl groups is 4. The molecule has 7 N–H and O–H groups in total. The number of aliphatic hydroxyl groups excluding tert-OH is 1. The lowest BCUT2D eigenvalue weighted by molar-refractivity contribution is -0.203. The molecule has 2 atom stereocenters. The van der Waals surface area contributed by atoms with E-state index in [-0.39, 0.29) is 11.5 Å². The van der Waals surface area contributed by atoms with Gasteiger partial charge >= 0.3 is 17.9 Å². The van der Waals surface area contributed by atoms with E-state index in [4.69, 9.17) is 9.47 Å². The van der Waals surface area contributed by atoms with Crippen LogP contribution in [0, 0.1) is 0 Å². The Morgan fingerprint density at radius 1 is 0.757 bits per heavy atom. The maximum absolute atomic E-state index is 12.3. The van der Waals surface area contributed by atoms with Gasteiger partial charge in [-0.15, -0.1) is 0 Å². The Morgan fingerprint density at radius 2 is 1.16 bits per heavy atom. The number of rotatable bonds is 7. The van der Waals surface area contributed by atoms with Crippen molar-refractivity contribution in [2.24, 2.45) is 0 Å². The van der Waals surface area contributed by atoms with Gasteiger partial charge in [-0.1, -0.05) is 12.1 Å². The lowest BCUT2D eigenvalue weighted by Crippen LogP contribution is -2.58. The highest BCUT2D eigenvalue weighted by molar-refractivity contribution is 5.88. The Bertz CT molecular complexity index is 1160. The number of carboxylic acid groups (broad SMARTS) is 1. The Labute approximate surface area is 209 Å². The fourth-order valence-corrected chi connectivity index (χ4v) is 3.62. The van der Waals surface area contributed by atoms with Gasteiger partial charge in [-0.3, -0.25) is 0 Å². The minimum atomic E-state index is -2.48. The van der Waals surface area contributed by atoms with Crippen molar-refractivity contribution in [3.05, 3.63) is 59.7 Å². The Morgan fingerprint density at radius 3 is 1.51 bits per heavy atom. The molecule has 0 amide bonds. The van der Waals surface area contributed by atoms with Crippen molar-refractivity contribution < 1.29 is 59.6 Å². The maximum Gasteiger partial charge on any atom is 0.335 e. The smallest absolute Gasteiger partial charge is 0.335 e. The number of esters is 2. The van der Waals surface area contributed by atoms with E-state index in [0.717, 1.165) is 12.2 Å². The number of phenolic OH excluding ortho intramolecular Hbond substituents is 4. The summed E-state index contributed by atoms with van der Waals surface area (Å²) in [5.41, 5.74) is -1.84. The van der Waals surface area contributed by atoms with Crippen molar-refractivity contribution in [3.63, 3.8) is 0 Å². The third kappa shape index (κ3) is 6.78. The molecule has 0 aromatic heterocycles. The first-order valence-corrected chi connectivity index (χ1v) is 10.8. The molecule has 2 aromatic rings. The van der Waals surface area contributed by atoms with Crippen LogP contribution in [0.1, 0.15) is 24.0 Å². The second-order valence-corrected chi connectivity index (χ2v) is 8.35. The van der Waals surface area contributed by atoms with Crippen molar-refractivity contribution in [2.45, 2.75) is 36.8 Å². The van der Waals surface area contributed by atoms with Gasteiger partial charge in [0.05, 0.1) is 0 Å². The molecule has 0 bridgehead atoms. The van der Waals surface area contributed by atoms with Gasteiger partial charge in [-0.2, -0.15) is 0 Å². The van der Waals surface area contributed by atoms with Crippen LogP contribution in [0.25, 0.3) is 12.2 Å². The van der Waals surface area contributed by atoms with Crippen LogP contribution < -0.4 is 0 Å². The van der Waals surface area contributed by atoms with E-state index >= 15 is 0 Å². The number of carboxylic acids is 1. The van der Waals surface area contributed by atoms with Crippen LogP contribution in [0.15, 0.2) is 48.6 Å². The number of aliphatic carboxylic acids is 1. The summed E-state index contributed by atoms with van der Waals surface area (Å²) in [6.07, 6.45) is -1.86. The summed E-state index contributed by atoms with van der Waals surface area (Å²) in [6.45, 7) is 0. The highest BCUT2D eigenvalue weighted by atomic mass is 16.6. The largest absolute Gasteiger partial charge is 0.504 e. The summed E-state index contributed by atoms with van der Waals surface area (Å²) < 4.78 is 10.2. The molecule has 2 aromatic carbocycles. The molecule has 0 heterocycles. The van der Waals surface area contributed by atoms with Crippen molar-refractivity contribution in [1.82, 2.24) is 0 Å². The Hall–Kier alpha value is -4.55. The van der Waals surface area contributed by atoms with E-state index in [9.17, 15) is 50.1 Å². The molecule has 0 unspecified atom stereocenters. The summed E-state index contributed by atoms with van der Waals surface area (Å²) in [5, 5.41) is 68.3. The quantitative estimate of drug-likeness (QED) is 0.156. The molecule has 1 saturated carbocycles. The Balaban J connectivity index is 1.71. The first kappa shape index (κ1) is 27.0. The van der Waals surface area contributed by atoms with E-state index in [1.807, 2.05) is 0 Å². The predicted molar refractivity (Wildman–Crippen MR) is 125 cm³/mol. The van der Waals surface area contributed by atoms with E-state index in [1.165, 1.54) is 48.6 Å². The number of hydrogen-bond donors (Lipinski definition) is 7. The average molecular weight is 516 g/mol. The van der Waals surface area contributed by atoms with Gasteiger partial charge in [0.15, 0.2) is 28.6 Å². The number of aliphatic hydroxyl groups is 2. The van der Waals surface area contributed by atoms with Gasteiger partial charge in [0, 0.05) is 25.0 Å². The fraction of sp³-hybridized carbons (Fsp3) is 0.240. The maximum atomic E-state index is 12.3. The van der Waals surface area contributed by atoms with Crippen molar-refractivity contribution in [1.29, 1.82) is 0 Å². The van der Waals surface area contributed by atoms with Crippen molar-refractivity contribution >= 4 is 30.1 Å². The van der Waals surface area contributed by atoms with Crippen LogP contribution in [0.4, 0.5) is 0 Å². The molecule has 0 saturated heterocycles. The molecule has 12 nitrogen and oxygen atoms in total. The fourth-order valence-electron chi connectivity index (χ4n) is 3.62. The summed E-state index contributed by atoms with van der Waals surface area (Å²) in [6, 6.07) is 7.49. The zero-order valence-electron chi connectivity index (χ0n) is 19.1. The third-order valence-electron chi connectivity index (χ3n) is 5.60. The molecule has 0 spiro atoms. The Kier molecular flexibility index (Phi) is 8.05. The molecular weight excluding hydrogens is 492 g/mol. The molecule has 0 aliphatic heterocycles. The van der Waals surface area contributed by atoms with Gasteiger partial charge in [-0.05, 0) is 47.5 Å². The number of benzene rings is 2. The normalized spacial score (nSPS) is 23.7. The van der Waals surface area contributed by atoms with Gasteiger partial charge in [0.2, 0.25) is 0 Å². The summed E-state index contributed by atoms with van der Waals surface area (Å²) >= 11 is 0. The average Bonchev–Trinajstić information content (AvgIpc) is 2.83. The van der Waals surface area contributed by atoms with E-state index in [2.05, 4.69) is 0 Å². The number of carbonyl (C=O) groups is 3. The van der Waals surface area contributed by atoms with Crippen molar-refractivity contribution in [2.75, 3.05) is 0 Å². The number of ether oxygens (including phenoxy) is 2. The second kappa shape index (κ2) is 11.0. The SMILES string of the molecule is O=C(C=Cc1ccc(O)c(O)c1)O[C@@H]1CC(O)(C(=O)O)C[C@@H](OC(=O)C=Cc2ccc(O)c(O)c2)C1O. The lowest BCUT2D eigenvalue weighted by Gasteiger charge is -2.40. The standard InChI is InChI=1S/C25H24O12/c26-15-5-1-13(9-17(15)28)3-7-21(30)36-19-11-25(35,24(33)34)12-20(23(19)32)37-22(31)8-4-14-2-6-16(27)18(29)10-14/h1-10,19-20,23,26-29,32,35H,11-12H2,(H,33,34)/t19-,20-,23?,25?/m1/s1. The number of hydrogen-bond acceptors (Lipinski definition) is 11. The minimum Gasteiger partial charge on any atom is -0.504 e. The van der Waals surface area contributed by atoms with Crippen LogP contribution in [-0.4, -0.2) is 77.6 Å². The monoisotopic (exact) mass is 516 g/mol. The molecule has 0 radical (unpaired) electrons. The van der Waals surface area contributed by atoms with Crippen LogP contribution in [0.3, 0.4) is 0 Å². The molecule has 37 heavy (non-hydrogen) atoms. The van der Waals surface area contributed by atoms with Crippen molar-refractivity contribution in [3.8, 4) is 23.0 Å². The van der Waals surface area contributed by atoms with E-state index < -0.39 is 66.2 Å². The molecular formula is C25H24O12. The van der Waals surface area contributed by atoms with E-state index in [1.54, 1.807) is 0 Å². The highest BCUT2D eigenvalue weighted by Gasteiger charge is 2.52.